The largest absolute Gasteiger partial charge is 0.376 e. The smallest absolute Gasteiger partial charge is 0.262 e. The van der Waals surface area contributed by atoms with Gasteiger partial charge in [-0.1, -0.05) is 16.8 Å². The molecular formula is C23H25N5O3S. The van der Waals surface area contributed by atoms with Gasteiger partial charge in [-0.05, 0) is 31.0 Å². The zero-order valence-corrected chi connectivity index (χ0v) is 18.9. The summed E-state index contributed by atoms with van der Waals surface area (Å²) in [5, 5.41) is 6.20. The number of hydrogen-bond acceptors (Lipinski definition) is 8. The standard InChI is InChI=1S/C23H25N5O3S/c1-15-2-3-18-17(12-15)21(25-31-18)27-8-5-26(6-9-27)7-10-28-14-24-22-20(23(28)29)16-4-11-30-13-19(16)32-22/h2-3,12,14H,4-11,13H2,1H3. The second-order valence-electron chi connectivity index (χ2n) is 8.56. The highest BCUT2D eigenvalue weighted by molar-refractivity contribution is 7.18. The van der Waals surface area contributed by atoms with E-state index in [9.17, 15) is 4.79 Å². The van der Waals surface area contributed by atoms with E-state index < -0.39 is 0 Å². The SMILES string of the molecule is Cc1ccc2onc(N3CCN(CCn4cnc5sc6c(c5c4=O)CCOC6)CC3)c2c1. The molecule has 0 spiro atoms. The lowest BCUT2D eigenvalue weighted by Crippen LogP contribution is -2.47. The molecule has 5 heterocycles. The maximum Gasteiger partial charge on any atom is 0.262 e. The van der Waals surface area contributed by atoms with E-state index in [1.807, 2.05) is 12.1 Å². The number of benzene rings is 1. The van der Waals surface area contributed by atoms with Crippen LogP contribution in [-0.2, 0) is 24.3 Å². The van der Waals surface area contributed by atoms with Crippen molar-refractivity contribution in [1.82, 2.24) is 19.6 Å². The lowest BCUT2D eigenvalue weighted by molar-refractivity contribution is 0.114. The number of piperazine rings is 1. The minimum Gasteiger partial charge on any atom is -0.376 e. The first-order valence-electron chi connectivity index (χ1n) is 11.1. The van der Waals surface area contributed by atoms with E-state index >= 15 is 0 Å². The molecule has 166 valence electrons. The van der Waals surface area contributed by atoms with Gasteiger partial charge >= 0.3 is 0 Å². The van der Waals surface area contributed by atoms with E-state index in [4.69, 9.17) is 9.26 Å². The van der Waals surface area contributed by atoms with Crippen LogP contribution in [0.5, 0.6) is 0 Å². The molecule has 1 fully saturated rings. The number of fused-ring (bicyclic) bond motifs is 4. The number of anilines is 1. The van der Waals surface area contributed by atoms with Crippen molar-refractivity contribution < 1.29 is 9.26 Å². The number of aromatic nitrogens is 3. The Morgan fingerprint density at radius 2 is 2.03 bits per heavy atom. The topological polar surface area (TPSA) is 76.6 Å². The van der Waals surface area contributed by atoms with Crippen LogP contribution in [0, 0.1) is 6.92 Å². The fourth-order valence-corrected chi connectivity index (χ4v) is 5.82. The van der Waals surface area contributed by atoms with Crippen LogP contribution in [0.3, 0.4) is 0 Å². The number of nitrogens with zero attached hydrogens (tertiary/aromatic N) is 5. The normalized spacial score (nSPS) is 17.3. The highest BCUT2D eigenvalue weighted by Crippen LogP contribution is 2.31. The molecule has 0 bridgehead atoms. The van der Waals surface area contributed by atoms with Crippen LogP contribution in [-0.4, -0.2) is 58.9 Å². The van der Waals surface area contributed by atoms with Gasteiger partial charge in [-0.3, -0.25) is 14.3 Å². The van der Waals surface area contributed by atoms with E-state index in [-0.39, 0.29) is 5.56 Å². The summed E-state index contributed by atoms with van der Waals surface area (Å²) in [6.07, 6.45) is 2.50. The Bertz CT molecular complexity index is 1350. The summed E-state index contributed by atoms with van der Waals surface area (Å²) in [5.74, 6) is 0.931. The Balaban J connectivity index is 1.13. The minimum absolute atomic E-state index is 0.0810. The zero-order valence-electron chi connectivity index (χ0n) is 18.0. The van der Waals surface area contributed by atoms with Crippen molar-refractivity contribution in [3.8, 4) is 0 Å². The fraction of sp³-hybridized carbons (Fsp3) is 0.435. The second kappa shape index (κ2) is 7.99. The van der Waals surface area contributed by atoms with Gasteiger partial charge in [-0.2, -0.15) is 0 Å². The molecule has 8 nitrogen and oxygen atoms in total. The Kier molecular flexibility index (Phi) is 4.97. The monoisotopic (exact) mass is 451 g/mol. The fourth-order valence-electron chi connectivity index (χ4n) is 4.71. The molecule has 2 aliphatic heterocycles. The predicted octanol–water partition coefficient (Wildman–Crippen LogP) is 2.80. The Morgan fingerprint density at radius 3 is 2.91 bits per heavy atom. The average Bonchev–Trinajstić information content (AvgIpc) is 3.40. The molecule has 0 radical (unpaired) electrons. The van der Waals surface area contributed by atoms with Gasteiger partial charge in [0.1, 0.15) is 4.83 Å². The van der Waals surface area contributed by atoms with Gasteiger partial charge in [-0.25, -0.2) is 4.98 Å². The molecule has 32 heavy (non-hydrogen) atoms. The van der Waals surface area contributed by atoms with Crippen LogP contribution in [0.15, 0.2) is 33.8 Å². The first-order chi connectivity index (χ1) is 15.7. The van der Waals surface area contributed by atoms with Gasteiger partial charge in [-0.15, -0.1) is 11.3 Å². The number of rotatable bonds is 4. The number of hydrogen-bond donors (Lipinski definition) is 0. The first-order valence-corrected chi connectivity index (χ1v) is 11.9. The Hall–Kier alpha value is -2.75. The third kappa shape index (κ3) is 3.41. The summed E-state index contributed by atoms with van der Waals surface area (Å²) < 4.78 is 12.8. The van der Waals surface area contributed by atoms with Crippen molar-refractivity contribution in [3.05, 3.63) is 50.9 Å². The van der Waals surface area contributed by atoms with Crippen molar-refractivity contribution in [3.63, 3.8) is 0 Å². The Morgan fingerprint density at radius 1 is 1.16 bits per heavy atom. The third-order valence-corrected chi connectivity index (χ3v) is 7.64. The van der Waals surface area contributed by atoms with Crippen LogP contribution in [0.2, 0.25) is 0 Å². The van der Waals surface area contributed by atoms with E-state index in [2.05, 4.69) is 32.9 Å². The van der Waals surface area contributed by atoms with E-state index in [1.165, 1.54) is 5.56 Å². The van der Waals surface area contributed by atoms with Crippen molar-refractivity contribution in [1.29, 1.82) is 0 Å². The molecule has 1 aromatic carbocycles. The molecule has 0 aliphatic carbocycles. The molecule has 3 aromatic heterocycles. The van der Waals surface area contributed by atoms with E-state index in [0.29, 0.717) is 19.8 Å². The summed E-state index contributed by atoms with van der Waals surface area (Å²) in [6.45, 7) is 8.47. The van der Waals surface area contributed by atoms with Crippen LogP contribution >= 0.6 is 11.3 Å². The third-order valence-electron chi connectivity index (χ3n) is 6.53. The summed E-state index contributed by atoms with van der Waals surface area (Å²) in [7, 11) is 0. The van der Waals surface area contributed by atoms with Crippen molar-refractivity contribution >= 4 is 38.3 Å². The molecule has 0 unspecified atom stereocenters. The second-order valence-corrected chi connectivity index (χ2v) is 9.65. The first kappa shape index (κ1) is 19.9. The lowest BCUT2D eigenvalue weighted by atomic mass is 10.1. The highest BCUT2D eigenvalue weighted by Gasteiger charge is 2.23. The maximum absolute atomic E-state index is 13.1. The van der Waals surface area contributed by atoms with Crippen LogP contribution in [0.25, 0.3) is 21.2 Å². The van der Waals surface area contributed by atoms with E-state index in [0.717, 1.165) is 76.6 Å². The molecular weight excluding hydrogens is 426 g/mol. The van der Waals surface area contributed by atoms with Crippen molar-refractivity contribution in [2.24, 2.45) is 0 Å². The van der Waals surface area contributed by atoms with Crippen molar-refractivity contribution in [2.45, 2.75) is 26.5 Å². The molecule has 0 N–H and O–H groups in total. The average molecular weight is 452 g/mol. The van der Waals surface area contributed by atoms with Gasteiger partial charge < -0.3 is 14.2 Å². The molecule has 0 saturated carbocycles. The van der Waals surface area contributed by atoms with Crippen LogP contribution in [0.4, 0.5) is 5.82 Å². The molecule has 9 heteroatoms. The van der Waals surface area contributed by atoms with Gasteiger partial charge in [0, 0.05) is 44.1 Å². The zero-order chi connectivity index (χ0) is 21.7. The Labute approximate surface area is 189 Å². The highest BCUT2D eigenvalue weighted by atomic mass is 32.1. The summed E-state index contributed by atoms with van der Waals surface area (Å²) >= 11 is 1.59. The summed E-state index contributed by atoms with van der Waals surface area (Å²) in [6, 6.07) is 6.17. The van der Waals surface area contributed by atoms with Gasteiger partial charge in [0.15, 0.2) is 11.4 Å². The van der Waals surface area contributed by atoms with Crippen LogP contribution < -0.4 is 10.5 Å². The van der Waals surface area contributed by atoms with Gasteiger partial charge in [0.05, 0.1) is 30.3 Å². The number of aryl methyl sites for hydroxylation is 1. The predicted molar refractivity (Wildman–Crippen MR) is 125 cm³/mol. The molecule has 2 aliphatic rings. The van der Waals surface area contributed by atoms with Gasteiger partial charge in [0.2, 0.25) is 0 Å². The molecule has 4 aromatic rings. The molecule has 1 saturated heterocycles. The number of thiophene rings is 1. The van der Waals surface area contributed by atoms with Crippen molar-refractivity contribution in [2.75, 3.05) is 44.2 Å². The summed E-state index contributed by atoms with van der Waals surface area (Å²) in [5.41, 5.74) is 3.26. The quantitative estimate of drug-likeness (QED) is 0.472. The summed E-state index contributed by atoms with van der Waals surface area (Å²) in [4.78, 5) is 24.4. The molecule has 6 rings (SSSR count). The maximum atomic E-state index is 13.1. The van der Waals surface area contributed by atoms with E-state index in [1.54, 1.807) is 22.2 Å². The minimum atomic E-state index is 0.0810. The molecule has 0 atom stereocenters. The lowest BCUT2D eigenvalue weighted by Gasteiger charge is -2.34. The van der Waals surface area contributed by atoms with Gasteiger partial charge in [0.25, 0.3) is 5.56 Å². The van der Waals surface area contributed by atoms with Crippen LogP contribution in [0.1, 0.15) is 16.0 Å². The number of ether oxygens (including phenoxy) is 1. The molecule has 0 amide bonds.